The Morgan fingerprint density at radius 1 is 1.11 bits per heavy atom. The normalized spacial score (nSPS) is 11.5. The monoisotopic (exact) mass is 405 g/mol. The van der Waals surface area contributed by atoms with E-state index in [0.717, 1.165) is 28.6 Å². The van der Waals surface area contributed by atoms with Crippen molar-refractivity contribution in [3.63, 3.8) is 0 Å². The molecule has 0 aliphatic heterocycles. The van der Waals surface area contributed by atoms with E-state index in [-0.39, 0.29) is 5.41 Å². The Labute approximate surface area is 171 Å². The molecule has 0 aliphatic carbocycles. The highest BCUT2D eigenvalue weighted by Gasteiger charge is 2.24. The molecule has 1 aromatic carbocycles. The SMILES string of the molecule is CC(C)(C)c1nc(Nc2nnc(Cc3ccsc3)c3ccccc23)sc1C#N. The van der Waals surface area contributed by atoms with Gasteiger partial charge in [-0.2, -0.15) is 21.7 Å². The lowest BCUT2D eigenvalue weighted by Crippen LogP contribution is -2.13. The van der Waals surface area contributed by atoms with Crippen molar-refractivity contribution in [3.05, 3.63) is 62.9 Å². The van der Waals surface area contributed by atoms with Gasteiger partial charge in [-0.1, -0.05) is 56.4 Å². The number of aromatic nitrogens is 3. The molecule has 0 spiro atoms. The zero-order chi connectivity index (χ0) is 19.7. The van der Waals surface area contributed by atoms with Gasteiger partial charge in [0, 0.05) is 22.6 Å². The molecule has 0 amide bonds. The van der Waals surface area contributed by atoms with Gasteiger partial charge in [-0.3, -0.25) is 0 Å². The first kappa shape index (κ1) is 18.5. The fraction of sp³-hybridized carbons (Fsp3) is 0.238. The maximum Gasteiger partial charge on any atom is 0.189 e. The van der Waals surface area contributed by atoms with E-state index in [9.17, 15) is 5.26 Å². The minimum absolute atomic E-state index is 0.195. The molecule has 0 saturated heterocycles. The Bertz CT molecular complexity index is 1160. The topological polar surface area (TPSA) is 74.5 Å². The third-order valence-corrected chi connectivity index (χ3v) is 5.99. The second-order valence-corrected chi connectivity index (χ2v) is 9.31. The van der Waals surface area contributed by atoms with Gasteiger partial charge < -0.3 is 5.32 Å². The first-order valence-corrected chi connectivity index (χ1v) is 10.7. The van der Waals surface area contributed by atoms with Gasteiger partial charge in [-0.05, 0) is 22.4 Å². The molecule has 0 fully saturated rings. The summed E-state index contributed by atoms with van der Waals surface area (Å²) in [6.07, 6.45) is 0.751. The molecule has 4 aromatic rings. The maximum atomic E-state index is 9.46. The molecule has 28 heavy (non-hydrogen) atoms. The van der Waals surface area contributed by atoms with E-state index in [4.69, 9.17) is 0 Å². The highest BCUT2D eigenvalue weighted by atomic mass is 32.1. The number of anilines is 2. The van der Waals surface area contributed by atoms with Crippen LogP contribution in [0.4, 0.5) is 10.9 Å². The number of hydrogen-bond donors (Lipinski definition) is 1. The number of hydrogen-bond acceptors (Lipinski definition) is 7. The molecule has 0 bridgehead atoms. The van der Waals surface area contributed by atoms with E-state index in [1.807, 2.05) is 18.2 Å². The van der Waals surface area contributed by atoms with Crippen molar-refractivity contribution in [1.82, 2.24) is 15.2 Å². The van der Waals surface area contributed by atoms with Gasteiger partial charge in [0.2, 0.25) is 0 Å². The Morgan fingerprint density at radius 2 is 1.89 bits per heavy atom. The Kier molecular flexibility index (Phi) is 4.84. The number of benzene rings is 1. The largest absolute Gasteiger partial charge is 0.314 e. The van der Waals surface area contributed by atoms with Crippen molar-refractivity contribution in [2.24, 2.45) is 0 Å². The molecule has 7 heteroatoms. The molecule has 0 saturated carbocycles. The minimum Gasteiger partial charge on any atom is -0.314 e. The third kappa shape index (κ3) is 3.61. The lowest BCUT2D eigenvalue weighted by atomic mass is 9.91. The molecular formula is C21H19N5S2. The van der Waals surface area contributed by atoms with Crippen molar-refractivity contribution in [1.29, 1.82) is 5.26 Å². The zero-order valence-corrected chi connectivity index (χ0v) is 17.5. The molecule has 140 valence electrons. The van der Waals surface area contributed by atoms with Crippen LogP contribution in [0.3, 0.4) is 0 Å². The fourth-order valence-corrected chi connectivity index (χ4v) is 4.67. The summed E-state index contributed by atoms with van der Waals surface area (Å²) in [5.74, 6) is 0.656. The fourth-order valence-electron chi connectivity index (χ4n) is 3.03. The lowest BCUT2D eigenvalue weighted by Gasteiger charge is -2.15. The van der Waals surface area contributed by atoms with E-state index in [1.165, 1.54) is 16.9 Å². The van der Waals surface area contributed by atoms with Crippen LogP contribution in [0.5, 0.6) is 0 Å². The molecule has 1 N–H and O–H groups in total. The summed E-state index contributed by atoms with van der Waals surface area (Å²) in [6, 6.07) is 12.5. The summed E-state index contributed by atoms with van der Waals surface area (Å²) >= 11 is 3.03. The van der Waals surface area contributed by atoms with Crippen molar-refractivity contribution in [3.8, 4) is 6.07 Å². The van der Waals surface area contributed by atoms with E-state index in [0.29, 0.717) is 15.8 Å². The molecule has 0 unspecified atom stereocenters. The molecule has 0 radical (unpaired) electrons. The lowest BCUT2D eigenvalue weighted by molar-refractivity contribution is 0.572. The van der Waals surface area contributed by atoms with E-state index >= 15 is 0 Å². The molecule has 0 aliphatic rings. The average Bonchev–Trinajstić information content (AvgIpc) is 3.33. The first-order chi connectivity index (χ1) is 13.5. The van der Waals surface area contributed by atoms with Crippen molar-refractivity contribution in [2.75, 3.05) is 5.32 Å². The number of rotatable bonds is 4. The number of thiazole rings is 1. The standard InChI is InChI=1S/C21H19N5S2/c1-21(2,3)18-17(11-22)28-20(23-18)24-19-15-7-5-4-6-14(15)16(25-26-19)10-13-8-9-27-12-13/h4-9,12H,10H2,1-3H3,(H,23,24,26). The van der Waals surface area contributed by atoms with Gasteiger partial charge in [-0.25, -0.2) is 4.98 Å². The highest BCUT2D eigenvalue weighted by Crippen LogP contribution is 2.34. The number of thiophene rings is 1. The number of nitrogens with zero attached hydrogens (tertiary/aromatic N) is 4. The van der Waals surface area contributed by atoms with Crippen LogP contribution in [-0.4, -0.2) is 15.2 Å². The first-order valence-electron chi connectivity index (χ1n) is 8.89. The smallest absolute Gasteiger partial charge is 0.189 e. The van der Waals surface area contributed by atoms with Crippen LogP contribution >= 0.6 is 22.7 Å². The summed E-state index contributed by atoms with van der Waals surface area (Å²) in [5.41, 5.74) is 2.79. The summed E-state index contributed by atoms with van der Waals surface area (Å²) in [7, 11) is 0. The second kappa shape index (κ2) is 7.30. The summed E-state index contributed by atoms with van der Waals surface area (Å²) < 4.78 is 0. The minimum atomic E-state index is -0.195. The van der Waals surface area contributed by atoms with Gasteiger partial charge in [0.05, 0.1) is 11.4 Å². The van der Waals surface area contributed by atoms with Crippen LogP contribution in [0.2, 0.25) is 0 Å². The molecule has 3 aromatic heterocycles. The van der Waals surface area contributed by atoms with Gasteiger partial charge in [0.25, 0.3) is 0 Å². The van der Waals surface area contributed by atoms with E-state index in [1.54, 1.807) is 11.3 Å². The van der Waals surface area contributed by atoms with Crippen LogP contribution in [-0.2, 0) is 11.8 Å². The number of nitriles is 1. The van der Waals surface area contributed by atoms with Crippen molar-refractivity contribution in [2.45, 2.75) is 32.6 Å². The Balaban J connectivity index is 1.73. The van der Waals surface area contributed by atoms with Gasteiger partial charge in [0.1, 0.15) is 10.9 Å². The van der Waals surface area contributed by atoms with Crippen LogP contribution in [0, 0.1) is 11.3 Å². The molecule has 4 rings (SSSR count). The summed E-state index contributed by atoms with van der Waals surface area (Å²) in [5, 5.41) is 28.6. The van der Waals surface area contributed by atoms with Crippen molar-refractivity contribution < 1.29 is 0 Å². The van der Waals surface area contributed by atoms with Gasteiger partial charge in [-0.15, -0.1) is 5.10 Å². The molecule has 0 atom stereocenters. The van der Waals surface area contributed by atoms with Gasteiger partial charge >= 0.3 is 0 Å². The third-order valence-electron chi connectivity index (χ3n) is 4.38. The van der Waals surface area contributed by atoms with Crippen LogP contribution in [0.15, 0.2) is 41.1 Å². The van der Waals surface area contributed by atoms with Crippen LogP contribution in [0.1, 0.15) is 42.6 Å². The highest BCUT2D eigenvalue weighted by molar-refractivity contribution is 7.16. The Hall–Kier alpha value is -2.82. The average molecular weight is 406 g/mol. The second-order valence-electron chi connectivity index (χ2n) is 7.53. The maximum absolute atomic E-state index is 9.46. The summed E-state index contributed by atoms with van der Waals surface area (Å²) in [4.78, 5) is 5.28. The predicted octanol–water partition coefficient (Wildman–Crippen LogP) is 5.65. The molecule has 5 nitrogen and oxygen atoms in total. The van der Waals surface area contributed by atoms with Crippen LogP contribution < -0.4 is 5.32 Å². The molecule has 3 heterocycles. The number of nitrogens with one attached hydrogen (secondary N) is 1. The predicted molar refractivity (Wildman–Crippen MR) is 115 cm³/mol. The molecular weight excluding hydrogens is 386 g/mol. The summed E-state index contributed by atoms with van der Waals surface area (Å²) in [6.45, 7) is 6.17. The van der Waals surface area contributed by atoms with E-state index in [2.05, 4.69) is 70.2 Å². The van der Waals surface area contributed by atoms with Crippen molar-refractivity contribution >= 4 is 44.4 Å². The quantitative estimate of drug-likeness (QED) is 0.475. The Morgan fingerprint density at radius 3 is 2.54 bits per heavy atom. The van der Waals surface area contributed by atoms with E-state index < -0.39 is 0 Å². The zero-order valence-electron chi connectivity index (χ0n) is 15.9. The van der Waals surface area contributed by atoms with Crippen LogP contribution in [0.25, 0.3) is 10.8 Å². The number of fused-ring (bicyclic) bond motifs is 1. The van der Waals surface area contributed by atoms with Gasteiger partial charge in [0.15, 0.2) is 10.9 Å².